The normalized spacial score (nSPS) is 11.2. The summed E-state index contributed by atoms with van der Waals surface area (Å²) in [5.74, 6) is -4.60. The molecule has 0 atom stereocenters. The molecule has 2 aromatic carbocycles. The van der Waals surface area contributed by atoms with Gasteiger partial charge in [-0.15, -0.1) is 0 Å². The number of halogens is 3. The first-order valence-electron chi connectivity index (χ1n) is 7.35. The molecule has 128 valence electrons. The largest absolute Gasteiger partial charge is 0.484 e. The number of hydrogen-bond donors (Lipinski definition) is 1. The Morgan fingerprint density at radius 2 is 1.62 bits per heavy atom. The Balaban J connectivity index is 1.95. The Kier molecular flexibility index (Phi) is 5.17. The van der Waals surface area contributed by atoms with E-state index in [1.165, 1.54) is 0 Å². The van der Waals surface area contributed by atoms with E-state index in [4.69, 9.17) is 4.74 Å². The topological polar surface area (TPSA) is 38.3 Å². The molecule has 0 aliphatic carbocycles. The van der Waals surface area contributed by atoms with Crippen molar-refractivity contribution in [2.75, 3.05) is 11.9 Å². The number of carbonyl (C=O) groups is 1. The summed E-state index contributed by atoms with van der Waals surface area (Å²) in [4.78, 5) is 11.7. The van der Waals surface area contributed by atoms with E-state index >= 15 is 0 Å². The van der Waals surface area contributed by atoms with Gasteiger partial charge in [-0.1, -0.05) is 32.9 Å². The summed E-state index contributed by atoms with van der Waals surface area (Å²) >= 11 is 0. The number of carbonyl (C=O) groups excluding carboxylic acids is 1. The molecule has 3 nitrogen and oxygen atoms in total. The summed E-state index contributed by atoms with van der Waals surface area (Å²) in [6.07, 6.45) is 0. The van der Waals surface area contributed by atoms with Crippen molar-refractivity contribution >= 4 is 11.6 Å². The maximum atomic E-state index is 13.5. The lowest BCUT2D eigenvalue weighted by Gasteiger charge is -2.19. The molecule has 1 amide bonds. The molecule has 2 aromatic rings. The third-order valence-corrected chi connectivity index (χ3v) is 3.40. The van der Waals surface area contributed by atoms with Gasteiger partial charge < -0.3 is 10.1 Å². The van der Waals surface area contributed by atoms with Crippen LogP contribution in [-0.4, -0.2) is 12.5 Å². The van der Waals surface area contributed by atoms with Crippen LogP contribution in [0.25, 0.3) is 0 Å². The molecule has 0 heterocycles. The fourth-order valence-corrected chi connectivity index (χ4v) is 2.01. The molecule has 2 rings (SSSR count). The van der Waals surface area contributed by atoms with Gasteiger partial charge in [0.1, 0.15) is 5.75 Å². The molecular weight excluding hydrogens is 319 g/mol. The molecule has 0 fully saturated rings. The second-order valence-electron chi connectivity index (χ2n) is 6.33. The average molecular weight is 337 g/mol. The van der Waals surface area contributed by atoms with Gasteiger partial charge in [0.2, 0.25) is 0 Å². The quantitative estimate of drug-likeness (QED) is 0.839. The van der Waals surface area contributed by atoms with E-state index in [9.17, 15) is 18.0 Å². The molecule has 0 spiro atoms. The number of ether oxygens (including phenoxy) is 1. The third kappa shape index (κ3) is 4.28. The summed E-state index contributed by atoms with van der Waals surface area (Å²) in [7, 11) is 0. The van der Waals surface area contributed by atoms with E-state index in [0.717, 1.165) is 17.7 Å². The first-order chi connectivity index (χ1) is 11.2. The van der Waals surface area contributed by atoms with Gasteiger partial charge in [0.05, 0.1) is 5.69 Å². The van der Waals surface area contributed by atoms with Gasteiger partial charge in [-0.25, -0.2) is 13.2 Å². The van der Waals surface area contributed by atoms with E-state index in [-0.39, 0.29) is 12.0 Å². The van der Waals surface area contributed by atoms with Crippen LogP contribution < -0.4 is 10.1 Å². The van der Waals surface area contributed by atoms with Crippen LogP contribution in [0.15, 0.2) is 36.4 Å². The minimum atomic E-state index is -1.63. The fourth-order valence-electron chi connectivity index (χ4n) is 2.01. The monoisotopic (exact) mass is 337 g/mol. The number of amides is 1. The molecule has 24 heavy (non-hydrogen) atoms. The lowest BCUT2D eigenvalue weighted by molar-refractivity contribution is -0.118. The lowest BCUT2D eigenvalue weighted by atomic mass is 9.87. The van der Waals surface area contributed by atoms with E-state index in [0.29, 0.717) is 5.75 Å². The average Bonchev–Trinajstić information content (AvgIpc) is 2.53. The van der Waals surface area contributed by atoms with Crippen molar-refractivity contribution in [3.8, 4) is 5.75 Å². The highest BCUT2D eigenvalue weighted by Crippen LogP contribution is 2.24. The van der Waals surface area contributed by atoms with Crippen LogP contribution in [0, 0.1) is 17.5 Å². The number of nitrogens with one attached hydrogen (secondary N) is 1. The third-order valence-electron chi connectivity index (χ3n) is 3.40. The Labute approximate surface area is 138 Å². The maximum Gasteiger partial charge on any atom is 0.262 e. The standard InChI is InChI=1S/C18H18F3NO2/c1-18(2,3)11-4-6-12(7-5-11)24-10-15(23)22-14-9-8-13(19)16(20)17(14)21/h4-9H,10H2,1-3H3,(H,22,23). The zero-order chi connectivity index (χ0) is 17.9. The highest BCUT2D eigenvalue weighted by Gasteiger charge is 2.16. The molecule has 6 heteroatoms. The number of rotatable bonds is 4. The van der Waals surface area contributed by atoms with Gasteiger partial charge in [0, 0.05) is 0 Å². The smallest absolute Gasteiger partial charge is 0.262 e. The first kappa shape index (κ1) is 17.8. The van der Waals surface area contributed by atoms with E-state index < -0.39 is 29.0 Å². The predicted octanol–water partition coefficient (Wildman–Crippen LogP) is 4.42. The Morgan fingerprint density at radius 3 is 2.21 bits per heavy atom. The zero-order valence-electron chi connectivity index (χ0n) is 13.6. The molecule has 0 bridgehead atoms. The van der Waals surface area contributed by atoms with Crippen LogP contribution in [-0.2, 0) is 10.2 Å². The molecule has 0 saturated carbocycles. The van der Waals surface area contributed by atoms with Crippen LogP contribution in [0.1, 0.15) is 26.3 Å². The molecule has 1 N–H and O–H groups in total. The van der Waals surface area contributed by atoms with Crippen molar-refractivity contribution in [2.24, 2.45) is 0 Å². The van der Waals surface area contributed by atoms with Gasteiger partial charge in [-0.3, -0.25) is 4.79 Å². The van der Waals surface area contributed by atoms with E-state index in [1.807, 2.05) is 12.1 Å². The van der Waals surface area contributed by atoms with Crippen molar-refractivity contribution in [3.63, 3.8) is 0 Å². The molecule has 0 radical (unpaired) electrons. The number of hydrogen-bond acceptors (Lipinski definition) is 2. The SMILES string of the molecule is CC(C)(C)c1ccc(OCC(=O)Nc2ccc(F)c(F)c2F)cc1. The van der Waals surface area contributed by atoms with Crippen LogP contribution in [0.2, 0.25) is 0 Å². The van der Waals surface area contributed by atoms with Crippen molar-refractivity contribution in [1.82, 2.24) is 0 Å². The Morgan fingerprint density at radius 1 is 1.00 bits per heavy atom. The summed E-state index contributed by atoms with van der Waals surface area (Å²) < 4.78 is 44.7. The maximum absolute atomic E-state index is 13.5. The highest BCUT2D eigenvalue weighted by molar-refractivity contribution is 5.92. The van der Waals surface area contributed by atoms with Crippen molar-refractivity contribution in [2.45, 2.75) is 26.2 Å². The van der Waals surface area contributed by atoms with Crippen molar-refractivity contribution < 1.29 is 22.7 Å². The second-order valence-corrected chi connectivity index (χ2v) is 6.33. The van der Waals surface area contributed by atoms with Gasteiger partial charge in [0.25, 0.3) is 5.91 Å². The zero-order valence-corrected chi connectivity index (χ0v) is 13.6. The van der Waals surface area contributed by atoms with Crippen LogP contribution in [0.3, 0.4) is 0 Å². The number of anilines is 1. The highest BCUT2D eigenvalue weighted by atomic mass is 19.2. The van der Waals surface area contributed by atoms with Gasteiger partial charge in [0.15, 0.2) is 24.1 Å². The van der Waals surface area contributed by atoms with Gasteiger partial charge in [-0.2, -0.15) is 0 Å². The lowest BCUT2D eigenvalue weighted by Crippen LogP contribution is -2.21. The Bertz CT molecular complexity index is 737. The van der Waals surface area contributed by atoms with Crippen LogP contribution >= 0.6 is 0 Å². The predicted molar refractivity (Wildman–Crippen MR) is 85.6 cm³/mol. The van der Waals surface area contributed by atoms with E-state index in [2.05, 4.69) is 26.1 Å². The molecule has 0 aromatic heterocycles. The summed E-state index contributed by atoms with van der Waals surface area (Å²) in [6, 6.07) is 8.92. The molecular formula is C18H18F3NO2. The van der Waals surface area contributed by atoms with Crippen LogP contribution in [0.5, 0.6) is 5.75 Å². The first-order valence-corrected chi connectivity index (χ1v) is 7.35. The van der Waals surface area contributed by atoms with Gasteiger partial charge in [-0.05, 0) is 35.2 Å². The second kappa shape index (κ2) is 6.95. The summed E-state index contributed by atoms with van der Waals surface area (Å²) in [6.45, 7) is 5.85. The fraction of sp³-hybridized carbons (Fsp3) is 0.278. The Hall–Kier alpha value is -2.50. The minimum Gasteiger partial charge on any atom is -0.484 e. The molecule has 0 unspecified atom stereocenters. The van der Waals surface area contributed by atoms with E-state index in [1.54, 1.807) is 12.1 Å². The summed E-state index contributed by atoms with van der Waals surface area (Å²) in [5, 5.41) is 2.14. The summed E-state index contributed by atoms with van der Waals surface area (Å²) in [5.41, 5.74) is 0.675. The number of benzene rings is 2. The van der Waals surface area contributed by atoms with Crippen molar-refractivity contribution in [1.29, 1.82) is 0 Å². The minimum absolute atomic E-state index is 0.0000873. The molecule has 0 aliphatic heterocycles. The van der Waals surface area contributed by atoms with Crippen LogP contribution in [0.4, 0.5) is 18.9 Å². The van der Waals surface area contributed by atoms with Crippen molar-refractivity contribution in [3.05, 3.63) is 59.4 Å². The van der Waals surface area contributed by atoms with Gasteiger partial charge >= 0.3 is 0 Å². The molecule has 0 saturated heterocycles. The molecule has 0 aliphatic rings.